The molecular weight excluding hydrogens is 210 g/mol. The molecule has 1 N–H and O–H groups in total. The van der Waals surface area contributed by atoms with Crippen molar-refractivity contribution < 1.29 is 9.52 Å². The Balaban J connectivity index is 2.09. The Morgan fingerprint density at radius 3 is 3.00 bits per heavy atom. The van der Waals surface area contributed by atoms with E-state index in [-0.39, 0.29) is 11.9 Å². The van der Waals surface area contributed by atoms with Crippen LogP contribution in [0.25, 0.3) is 11.1 Å². The molecule has 2 rings (SSSR count). The molecule has 0 saturated carbocycles. The smallest absolute Gasteiger partial charge is 0.205 e. The molecule has 0 amide bonds. The molecule has 2 aromatic rings. The number of aliphatic hydroxyl groups excluding tert-OH is 1. The summed E-state index contributed by atoms with van der Waals surface area (Å²) in [7, 11) is 0. The van der Waals surface area contributed by atoms with Crippen LogP contribution in [-0.4, -0.2) is 21.9 Å². The number of rotatable bonds is 4. The second kappa shape index (κ2) is 4.68. The van der Waals surface area contributed by atoms with E-state index in [9.17, 15) is 0 Å². The zero-order valence-electron chi connectivity index (χ0n) is 8.51. The summed E-state index contributed by atoms with van der Waals surface area (Å²) in [5.74, 6) is 1.43. The Bertz CT molecular complexity index is 408. The molecule has 0 aliphatic rings. The van der Waals surface area contributed by atoms with Gasteiger partial charge in [0.15, 0.2) is 5.58 Å². The minimum absolute atomic E-state index is 0.185. The summed E-state index contributed by atoms with van der Waals surface area (Å²) in [6.45, 7) is 2.16. The van der Waals surface area contributed by atoms with E-state index in [0.717, 1.165) is 17.0 Å². The average Bonchev–Trinajstić information content (AvgIpc) is 2.68. The van der Waals surface area contributed by atoms with Crippen LogP contribution in [0.4, 0.5) is 0 Å². The molecule has 4 heteroatoms. The number of para-hydroxylation sites is 2. The Kier molecular flexibility index (Phi) is 3.28. The van der Waals surface area contributed by atoms with Gasteiger partial charge in [-0.3, -0.25) is 0 Å². The van der Waals surface area contributed by atoms with Gasteiger partial charge in [-0.15, -0.1) is 11.8 Å². The monoisotopic (exact) mass is 223 g/mol. The van der Waals surface area contributed by atoms with Crippen molar-refractivity contribution in [2.24, 2.45) is 0 Å². The number of hydrogen-bond donors (Lipinski definition) is 1. The molecule has 0 spiro atoms. The van der Waals surface area contributed by atoms with Gasteiger partial charge in [0.2, 0.25) is 5.89 Å². The van der Waals surface area contributed by atoms with Crippen LogP contribution in [0, 0.1) is 0 Å². The fraction of sp³-hybridized carbons (Fsp3) is 0.364. The predicted octanol–water partition coefficient (Wildman–Crippen LogP) is 2.44. The van der Waals surface area contributed by atoms with Gasteiger partial charge in [0.1, 0.15) is 5.52 Å². The summed E-state index contributed by atoms with van der Waals surface area (Å²) in [6, 6.07) is 7.72. The molecule has 1 atom stereocenters. The molecule has 3 nitrogen and oxygen atoms in total. The van der Waals surface area contributed by atoms with Gasteiger partial charge >= 0.3 is 0 Å². The standard InChI is InChI=1S/C11H13NO2S/c1-8(6-13)15-7-11-12-9-4-2-3-5-10(9)14-11/h2-5,8,13H,6-7H2,1H3. The Morgan fingerprint density at radius 2 is 2.27 bits per heavy atom. The van der Waals surface area contributed by atoms with Crippen molar-refractivity contribution in [3.8, 4) is 0 Å². The highest BCUT2D eigenvalue weighted by Gasteiger charge is 2.07. The molecule has 0 aliphatic heterocycles. The Labute approximate surface area is 92.5 Å². The maximum atomic E-state index is 8.88. The van der Waals surface area contributed by atoms with Gasteiger partial charge in [-0.25, -0.2) is 4.98 Å². The second-order valence-electron chi connectivity index (χ2n) is 3.38. The summed E-state index contributed by atoms with van der Waals surface area (Å²) in [5.41, 5.74) is 1.72. The van der Waals surface area contributed by atoms with Crippen LogP contribution >= 0.6 is 11.8 Å². The van der Waals surface area contributed by atoms with Gasteiger partial charge in [-0.2, -0.15) is 0 Å². The van der Waals surface area contributed by atoms with E-state index in [1.165, 1.54) is 0 Å². The van der Waals surface area contributed by atoms with E-state index >= 15 is 0 Å². The average molecular weight is 223 g/mol. The van der Waals surface area contributed by atoms with Gasteiger partial charge < -0.3 is 9.52 Å². The van der Waals surface area contributed by atoms with Gasteiger partial charge in [-0.1, -0.05) is 19.1 Å². The van der Waals surface area contributed by atoms with Crippen molar-refractivity contribution in [1.29, 1.82) is 0 Å². The molecule has 1 unspecified atom stereocenters. The number of fused-ring (bicyclic) bond motifs is 1. The van der Waals surface area contributed by atoms with E-state index in [0.29, 0.717) is 5.75 Å². The van der Waals surface area contributed by atoms with Gasteiger partial charge in [-0.05, 0) is 12.1 Å². The minimum atomic E-state index is 0.185. The Morgan fingerprint density at radius 1 is 1.47 bits per heavy atom. The predicted molar refractivity (Wildman–Crippen MR) is 61.9 cm³/mol. The van der Waals surface area contributed by atoms with Crippen LogP contribution in [0.5, 0.6) is 0 Å². The van der Waals surface area contributed by atoms with Crippen LogP contribution in [-0.2, 0) is 5.75 Å². The van der Waals surface area contributed by atoms with Crippen molar-refractivity contribution in [2.75, 3.05) is 6.61 Å². The molecule has 0 radical (unpaired) electrons. The number of oxazole rings is 1. The van der Waals surface area contributed by atoms with Crippen LogP contribution in [0.15, 0.2) is 28.7 Å². The summed E-state index contributed by atoms with van der Waals surface area (Å²) in [4.78, 5) is 4.35. The zero-order valence-corrected chi connectivity index (χ0v) is 9.33. The summed E-state index contributed by atoms with van der Waals surface area (Å²) in [5, 5.41) is 9.10. The highest BCUT2D eigenvalue weighted by Crippen LogP contribution is 2.20. The van der Waals surface area contributed by atoms with E-state index in [2.05, 4.69) is 4.98 Å². The number of aromatic nitrogens is 1. The lowest BCUT2D eigenvalue weighted by atomic mass is 10.3. The first-order valence-corrected chi connectivity index (χ1v) is 5.91. The van der Waals surface area contributed by atoms with Crippen molar-refractivity contribution >= 4 is 22.9 Å². The molecule has 0 aliphatic carbocycles. The lowest BCUT2D eigenvalue weighted by Gasteiger charge is -2.03. The molecular formula is C11H13NO2S. The summed E-state index contributed by atoms with van der Waals surface area (Å²) >= 11 is 1.64. The number of benzene rings is 1. The highest BCUT2D eigenvalue weighted by molar-refractivity contribution is 7.99. The van der Waals surface area contributed by atoms with E-state index in [1.807, 2.05) is 31.2 Å². The first-order valence-electron chi connectivity index (χ1n) is 4.86. The lowest BCUT2D eigenvalue weighted by Crippen LogP contribution is -2.02. The van der Waals surface area contributed by atoms with Crippen LogP contribution in [0.2, 0.25) is 0 Å². The largest absolute Gasteiger partial charge is 0.440 e. The first-order chi connectivity index (χ1) is 7.29. The van der Waals surface area contributed by atoms with Crippen molar-refractivity contribution in [2.45, 2.75) is 17.9 Å². The van der Waals surface area contributed by atoms with Gasteiger partial charge in [0.25, 0.3) is 0 Å². The molecule has 0 fully saturated rings. The molecule has 0 saturated heterocycles. The maximum absolute atomic E-state index is 8.88. The molecule has 0 bridgehead atoms. The fourth-order valence-electron chi connectivity index (χ4n) is 1.25. The maximum Gasteiger partial charge on any atom is 0.205 e. The quantitative estimate of drug-likeness (QED) is 0.864. The Hall–Kier alpha value is -1.00. The highest BCUT2D eigenvalue weighted by atomic mass is 32.2. The van der Waals surface area contributed by atoms with Crippen LogP contribution < -0.4 is 0 Å². The van der Waals surface area contributed by atoms with Gasteiger partial charge in [0.05, 0.1) is 12.4 Å². The topological polar surface area (TPSA) is 46.3 Å². The van der Waals surface area contributed by atoms with Crippen LogP contribution in [0.3, 0.4) is 0 Å². The van der Waals surface area contributed by atoms with E-state index < -0.39 is 0 Å². The molecule has 80 valence electrons. The number of thioether (sulfide) groups is 1. The number of nitrogens with zero attached hydrogens (tertiary/aromatic N) is 1. The second-order valence-corrected chi connectivity index (χ2v) is 4.81. The summed E-state index contributed by atoms with van der Waals surface area (Å²) < 4.78 is 5.55. The SMILES string of the molecule is CC(CO)SCc1nc2ccccc2o1. The molecule has 1 aromatic heterocycles. The normalized spacial score (nSPS) is 13.2. The first kappa shape index (κ1) is 10.5. The van der Waals surface area contributed by atoms with Crippen molar-refractivity contribution in [1.82, 2.24) is 4.98 Å². The van der Waals surface area contributed by atoms with Crippen LogP contribution in [0.1, 0.15) is 12.8 Å². The van der Waals surface area contributed by atoms with Crippen molar-refractivity contribution in [3.63, 3.8) is 0 Å². The lowest BCUT2D eigenvalue weighted by molar-refractivity contribution is 0.300. The van der Waals surface area contributed by atoms with Gasteiger partial charge in [0, 0.05) is 5.25 Å². The van der Waals surface area contributed by atoms with E-state index in [1.54, 1.807) is 11.8 Å². The number of hydrogen-bond acceptors (Lipinski definition) is 4. The minimum Gasteiger partial charge on any atom is -0.440 e. The van der Waals surface area contributed by atoms with Crippen molar-refractivity contribution in [3.05, 3.63) is 30.2 Å². The molecule has 15 heavy (non-hydrogen) atoms. The third-order valence-corrected chi connectivity index (χ3v) is 3.22. The van der Waals surface area contributed by atoms with E-state index in [4.69, 9.17) is 9.52 Å². The third kappa shape index (κ3) is 2.52. The molecule has 1 aromatic carbocycles. The summed E-state index contributed by atoms with van der Waals surface area (Å²) in [6.07, 6.45) is 0. The molecule has 1 heterocycles. The number of aliphatic hydroxyl groups is 1. The third-order valence-electron chi connectivity index (χ3n) is 2.09. The fourth-order valence-corrected chi connectivity index (χ4v) is 1.90. The zero-order chi connectivity index (χ0) is 10.7.